The number of nitrogens with one attached hydrogen (secondary N) is 1. The molecule has 4 rings (SSSR count). The van der Waals surface area contributed by atoms with E-state index in [1.807, 2.05) is 84.9 Å². The second kappa shape index (κ2) is 9.54. The Balaban J connectivity index is 1.90. The van der Waals surface area contributed by atoms with Crippen LogP contribution in [-0.2, 0) is 10.8 Å². The van der Waals surface area contributed by atoms with Gasteiger partial charge in [-0.2, -0.15) is 5.26 Å². The fourth-order valence-corrected chi connectivity index (χ4v) is 4.68. The highest BCUT2D eigenvalue weighted by atomic mass is 32.2. The van der Waals surface area contributed by atoms with E-state index in [4.69, 9.17) is 4.98 Å². The maximum Gasteiger partial charge on any atom is 0.253 e. The predicted molar refractivity (Wildman–Crippen MR) is 126 cm³/mol. The highest BCUT2D eigenvalue weighted by molar-refractivity contribution is 7.84. The van der Waals surface area contributed by atoms with Crippen LogP contribution >= 0.6 is 0 Å². The Morgan fingerprint density at radius 1 is 1.00 bits per heavy atom. The molecule has 3 aromatic carbocycles. The van der Waals surface area contributed by atoms with E-state index in [2.05, 4.69) is 11.4 Å². The van der Waals surface area contributed by atoms with Gasteiger partial charge in [0.25, 0.3) is 5.91 Å². The van der Waals surface area contributed by atoms with Crippen LogP contribution in [0.25, 0.3) is 22.2 Å². The predicted octanol–water partition coefficient (Wildman–Crippen LogP) is 5.02. The maximum atomic E-state index is 13.6. The number of aromatic nitrogens is 1. The lowest BCUT2D eigenvalue weighted by atomic mass is 10.0. The largest absolute Gasteiger partial charge is 0.344 e. The average Bonchev–Trinajstić information content (AvgIpc) is 2.83. The van der Waals surface area contributed by atoms with Crippen molar-refractivity contribution in [3.05, 3.63) is 96.1 Å². The van der Waals surface area contributed by atoms with E-state index in [1.165, 1.54) is 0 Å². The number of para-hydroxylation sites is 1. The van der Waals surface area contributed by atoms with Crippen molar-refractivity contribution in [3.8, 4) is 17.3 Å². The van der Waals surface area contributed by atoms with Crippen molar-refractivity contribution in [2.24, 2.45) is 0 Å². The summed E-state index contributed by atoms with van der Waals surface area (Å²) in [6, 6.07) is 27.8. The number of hydrogen-bond acceptors (Lipinski definition) is 4. The Morgan fingerprint density at radius 2 is 1.62 bits per heavy atom. The van der Waals surface area contributed by atoms with Gasteiger partial charge in [-0.25, -0.2) is 4.98 Å². The van der Waals surface area contributed by atoms with Gasteiger partial charge in [0, 0.05) is 17.2 Å². The van der Waals surface area contributed by atoms with Crippen LogP contribution in [0.2, 0.25) is 0 Å². The first-order chi connectivity index (χ1) is 15.6. The third-order valence-corrected chi connectivity index (χ3v) is 6.18. The van der Waals surface area contributed by atoms with Crippen molar-refractivity contribution in [3.63, 3.8) is 0 Å². The van der Waals surface area contributed by atoms with Gasteiger partial charge in [0.1, 0.15) is 0 Å². The van der Waals surface area contributed by atoms with Crippen LogP contribution in [0.15, 0.2) is 89.8 Å². The lowest BCUT2D eigenvalue weighted by Gasteiger charge is -2.20. The van der Waals surface area contributed by atoms with E-state index in [1.54, 1.807) is 6.26 Å². The summed E-state index contributed by atoms with van der Waals surface area (Å²) in [4.78, 5) is 18.8. The fraction of sp³-hybridized carbons (Fsp3) is 0.115. The summed E-state index contributed by atoms with van der Waals surface area (Å²) < 4.78 is 12.9. The molecule has 5 nitrogen and oxygen atoms in total. The zero-order valence-corrected chi connectivity index (χ0v) is 18.3. The number of pyridine rings is 1. The van der Waals surface area contributed by atoms with Crippen LogP contribution in [-0.4, -0.2) is 21.4 Å². The minimum absolute atomic E-state index is 0.120. The normalized spacial score (nSPS) is 12.6. The first kappa shape index (κ1) is 21.4. The van der Waals surface area contributed by atoms with Gasteiger partial charge in [0.2, 0.25) is 0 Å². The van der Waals surface area contributed by atoms with Crippen molar-refractivity contribution in [2.75, 3.05) is 6.26 Å². The van der Waals surface area contributed by atoms with E-state index in [9.17, 15) is 14.3 Å². The van der Waals surface area contributed by atoms with Gasteiger partial charge < -0.3 is 5.32 Å². The summed E-state index contributed by atoms with van der Waals surface area (Å²) in [5, 5.41) is 12.9. The summed E-state index contributed by atoms with van der Waals surface area (Å²) in [6.45, 7) is 0. The highest BCUT2D eigenvalue weighted by Crippen LogP contribution is 2.33. The molecule has 32 heavy (non-hydrogen) atoms. The number of benzene rings is 3. The van der Waals surface area contributed by atoms with E-state index in [0.29, 0.717) is 27.1 Å². The molecule has 158 valence electrons. The molecule has 6 heteroatoms. The Labute approximate surface area is 189 Å². The van der Waals surface area contributed by atoms with Crippen LogP contribution in [0, 0.1) is 11.3 Å². The molecule has 0 radical (unpaired) electrons. The molecular weight excluding hydrogens is 418 g/mol. The number of carbonyl (C=O) groups excluding carboxylic acids is 1. The molecule has 0 spiro atoms. The third-order valence-electron chi connectivity index (χ3n) is 5.21. The SMILES string of the molecule is C[S@](=O)c1c(-c2ccccc2)nc2ccccc2c1C(=O)N[C@@H](CC#N)c1ccccc1. The number of rotatable bonds is 6. The van der Waals surface area contributed by atoms with Crippen molar-refractivity contribution >= 4 is 27.6 Å². The molecule has 0 aliphatic rings. The van der Waals surface area contributed by atoms with E-state index in [-0.39, 0.29) is 12.3 Å². The molecule has 0 fully saturated rings. The Morgan fingerprint density at radius 3 is 2.28 bits per heavy atom. The molecular formula is C26H21N3O2S. The fourth-order valence-electron chi connectivity index (χ4n) is 3.75. The van der Waals surface area contributed by atoms with Gasteiger partial charge in [-0.3, -0.25) is 9.00 Å². The summed E-state index contributed by atoms with van der Waals surface area (Å²) in [6.07, 6.45) is 1.67. The molecule has 1 aromatic heterocycles. The second-order valence-corrected chi connectivity index (χ2v) is 8.62. The second-order valence-electron chi connectivity index (χ2n) is 7.30. The van der Waals surface area contributed by atoms with Crippen molar-refractivity contribution in [1.29, 1.82) is 5.26 Å². The molecule has 2 atom stereocenters. The summed E-state index contributed by atoms with van der Waals surface area (Å²) in [5.74, 6) is -0.380. The van der Waals surface area contributed by atoms with Gasteiger partial charge in [-0.1, -0.05) is 78.9 Å². The molecule has 1 heterocycles. The minimum Gasteiger partial charge on any atom is -0.344 e. The van der Waals surface area contributed by atoms with Crippen LogP contribution in [0.4, 0.5) is 0 Å². The first-order valence-corrected chi connectivity index (χ1v) is 11.7. The summed E-state index contributed by atoms with van der Waals surface area (Å²) in [5.41, 5.74) is 3.11. The lowest BCUT2D eigenvalue weighted by molar-refractivity contribution is 0.0936. The summed E-state index contributed by atoms with van der Waals surface area (Å²) in [7, 11) is -1.48. The monoisotopic (exact) mass is 439 g/mol. The average molecular weight is 440 g/mol. The highest BCUT2D eigenvalue weighted by Gasteiger charge is 2.26. The van der Waals surface area contributed by atoms with Crippen molar-refractivity contribution in [2.45, 2.75) is 17.4 Å². The van der Waals surface area contributed by atoms with Crippen LogP contribution in [0.5, 0.6) is 0 Å². The smallest absolute Gasteiger partial charge is 0.253 e. The van der Waals surface area contributed by atoms with Gasteiger partial charge in [-0.05, 0) is 11.6 Å². The van der Waals surface area contributed by atoms with Crippen LogP contribution in [0.3, 0.4) is 0 Å². The molecule has 0 bridgehead atoms. The molecule has 1 amide bonds. The standard InChI is InChI=1S/C26H21N3O2S/c1-32(31)25-23(26(30)29-21(16-17-27)18-10-4-2-5-11-18)20-14-8-9-15-22(20)28-24(25)19-12-6-3-7-13-19/h2-15,21H,16H2,1H3,(H,29,30)/t21-,32-/m0/s1. The molecule has 0 saturated heterocycles. The number of amides is 1. The van der Waals surface area contributed by atoms with E-state index < -0.39 is 16.8 Å². The third kappa shape index (κ3) is 4.29. The zero-order valence-electron chi connectivity index (χ0n) is 17.5. The quantitative estimate of drug-likeness (QED) is 0.457. The summed E-state index contributed by atoms with van der Waals surface area (Å²) >= 11 is 0. The molecule has 0 aliphatic heterocycles. The van der Waals surface area contributed by atoms with Crippen molar-refractivity contribution < 1.29 is 9.00 Å². The topological polar surface area (TPSA) is 82.8 Å². The minimum atomic E-state index is -1.48. The van der Waals surface area contributed by atoms with Gasteiger partial charge >= 0.3 is 0 Å². The number of nitriles is 1. The van der Waals surface area contributed by atoms with Crippen LogP contribution < -0.4 is 5.32 Å². The maximum absolute atomic E-state index is 13.6. The van der Waals surface area contributed by atoms with E-state index in [0.717, 1.165) is 11.1 Å². The van der Waals surface area contributed by atoms with Crippen molar-refractivity contribution in [1.82, 2.24) is 10.3 Å². The number of carbonyl (C=O) groups is 1. The lowest BCUT2D eigenvalue weighted by Crippen LogP contribution is -2.29. The molecule has 0 aliphatic carbocycles. The first-order valence-electron chi connectivity index (χ1n) is 10.1. The Bertz CT molecular complexity index is 1330. The zero-order chi connectivity index (χ0) is 22.5. The molecule has 4 aromatic rings. The number of fused-ring (bicyclic) bond motifs is 1. The Kier molecular flexibility index (Phi) is 6.39. The van der Waals surface area contributed by atoms with Crippen LogP contribution in [0.1, 0.15) is 28.4 Å². The van der Waals surface area contributed by atoms with Gasteiger partial charge in [-0.15, -0.1) is 0 Å². The van der Waals surface area contributed by atoms with Gasteiger partial charge in [0.05, 0.1) is 51.0 Å². The van der Waals surface area contributed by atoms with Gasteiger partial charge in [0.15, 0.2) is 0 Å². The Hall–Kier alpha value is -3.82. The number of hydrogen-bond donors (Lipinski definition) is 1. The molecule has 0 unspecified atom stereocenters. The molecule has 1 N–H and O–H groups in total. The molecule has 0 saturated carbocycles. The number of nitrogens with zero attached hydrogens (tertiary/aromatic N) is 2. The van der Waals surface area contributed by atoms with E-state index >= 15 is 0 Å².